The van der Waals surface area contributed by atoms with E-state index in [0.717, 1.165) is 53.1 Å². The molecule has 0 aliphatic heterocycles. The molecule has 0 amide bonds. The fraction of sp³-hybridized carbons (Fsp3) is 0.464. The molecule has 11 nitrogen and oxygen atoms in total. The molecule has 0 atom stereocenters. The van der Waals surface area contributed by atoms with Gasteiger partial charge in [0.05, 0.1) is 25.5 Å². The van der Waals surface area contributed by atoms with Gasteiger partial charge in [-0.05, 0) is 145 Å². The molecule has 0 unspecified atom stereocenters. The molecule has 8 rings (SSSR count). The minimum atomic E-state index is -0.209. The van der Waals surface area contributed by atoms with Crippen LogP contribution < -0.4 is 19.7 Å². The molecular weight excluding hydrogens is 1010 g/mol. The number of pyridine rings is 5. The number of benzene rings is 1. The number of aromatic nitrogens is 6. The molecule has 1 aromatic carbocycles. The second-order valence-corrected chi connectivity index (χ2v) is 22.0. The highest BCUT2D eigenvalue weighted by Gasteiger charge is 2.12. The van der Waals surface area contributed by atoms with Crippen molar-refractivity contribution in [3.05, 3.63) is 185 Å². The van der Waals surface area contributed by atoms with Crippen LogP contribution in [0.3, 0.4) is 0 Å². The quantitative estimate of drug-likeness (QED) is 0.113. The predicted octanol–water partition coefficient (Wildman–Crippen LogP) is 18.6. The molecule has 7 heterocycles. The fourth-order valence-corrected chi connectivity index (χ4v) is 8.18. The molecule has 0 saturated heterocycles. The van der Waals surface area contributed by atoms with Gasteiger partial charge in [-0.2, -0.15) is 0 Å². The highest BCUT2D eigenvalue weighted by molar-refractivity contribution is 5.75. The highest BCUT2D eigenvalue weighted by Crippen LogP contribution is 2.28. The zero-order chi connectivity index (χ0) is 60.8. The maximum atomic E-state index is 12.8. The fourth-order valence-electron chi connectivity index (χ4n) is 8.18. The van der Waals surface area contributed by atoms with Crippen LogP contribution in [0.2, 0.25) is 0 Å². The van der Waals surface area contributed by atoms with Gasteiger partial charge >= 0.3 is 0 Å². The van der Waals surface area contributed by atoms with E-state index < -0.39 is 0 Å². The van der Waals surface area contributed by atoms with E-state index in [4.69, 9.17) is 13.9 Å². The minimum Gasteiger partial charge on any atom is -0.496 e. The van der Waals surface area contributed by atoms with Gasteiger partial charge in [0.25, 0.3) is 0 Å². The van der Waals surface area contributed by atoms with Gasteiger partial charge in [-0.25, -0.2) is 19.3 Å². The first-order chi connectivity index (χ1) is 38.4. The van der Waals surface area contributed by atoms with Crippen molar-refractivity contribution in [2.75, 3.05) is 44.6 Å². The van der Waals surface area contributed by atoms with E-state index in [2.05, 4.69) is 192 Å². The zero-order valence-electron chi connectivity index (χ0n) is 53.5. The SMILES string of the molecule is CC(C)c1cc2occc2n1C.CC(C)c1cccnc1N(C)C.CCNc1ncccc1C(C)C.CCOc1ncccc1C(C)C.CCc1ccc(C(C)C)nc1.COc1ccc(F)cc1C(C)C.Cc1cccc(C(C)C)n1. The topological polar surface area (TPSA) is 116 Å². The Hall–Kier alpha value is -7.08. The van der Waals surface area contributed by atoms with Gasteiger partial charge in [-0.3, -0.25) is 9.97 Å². The van der Waals surface area contributed by atoms with E-state index in [1.54, 1.807) is 25.6 Å². The lowest BCUT2D eigenvalue weighted by molar-refractivity contribution is 0.321. The van der Waals surface area contributed by atoms with Gasteiger partial charge in [0.15, 0.2) is 5.58 Å². The van der Waals surface area contributed by atoms with Crippen molar-refractivity contribution in [2.24, 2.45) is 7.05 Å². The van der Waals surface area contributed by atoms with Crippen LogP contribution in [0.25, 0.3) is 11.1 Å². The van der Waals surface area contributed by atoms with Crippen LogP contribution in [-0.2, 0) is 13.5 Å². The lowest BCUT2D eigenvalue weighted by Gasteiger charge is -2.17. The largest absolute Gasteiger partial charge is 0.496 e. The van der Waals surface area contributed by atoms with Crippen LogP contribution in [-0.4, -0.2) is 63.8 Å². The third-order valence-electron chi connectivity index (χ3n) is 12.8. The van der Waals surface area contributed by atoms with Gasteiger partial charge in [0.1, 0.15) is 23.2 Å². The second-order valence-electron chi connectivity index (χ2n) is 22.0. The summed E-state index contributed by atoms with van der Waals surface area (Å²) < 4.78 is 30.8. The van der Waals surface area contributed by atoms with Gasteiger partial charge in [0, 0.05) is 92.9 Å². The molecule has 0 fully saturated rings. The van der Waals surface area contributed by atoms with Crippen molar-refractivity contribution in [1.29, 1.82) is 0 Å². The summed E-state index contributed by atoms with van der Waals surface area (Å²) in [5, 5.41) is 3.25. The number of nitrogens with one attached hydrogen (secondary N) is 1. The molecule has 7 aromatic heterocycles. The molecule has 0 aliphatic rings. The standard InChI is InChI=1S/C10H13FO.2C10H16N2.C10H13NO.C10H15NO.C10H15N.C9H13N/c1-7(2)9-6-8(11)4-5-10(9)12-3;1-8(2)9-6-5-7-11-10(9)12(3)4;1-4-11-10-9(8(2)3)6-5-7-12-10;1-7(2)9-6-10-8(11(9)3)4-5-12-10;1-4-12-10-9(8(2)3)6-5-7-11-10;1-4-9-5-6-10(8(2)3)11-7-9;1-7(2)9-6-4-5-8(3)10-9/h4-7H,1-3H3;5-8H,1-4H3;5-8H,4H2,1-3H3,(H,11,12);4-7H,1-3H3;5-8H,4H2,1-3H3;5-8H,4H2,1-3H3;4-7H,1-3H3. The number of rotatable bonds is 14. The van der Waals surface area contributed by atoms with E-state index in [1.165, 1.54) is 57.0 Å². The van der Waals surface area contributed by atoms with Crippen molar-refractivity contribution >= 4 is 22.7 Å². The molecule has 0 saturated carbocycles. The van der Waals surface area contributed by atoms with E-state index in [1.807, 2.05) is 90.7 Å². The van der Waals surface area contributed by atoms with Crippen LogP contribution in [0.15, 0.2) is 133 Å². The summed E-state index contributed by atoms with van der Waals surface area (Å²) in [5.74, 6) is 6.89. The Morgan fingerprint density at radius 3 is 1.67 bits per heavy atom. The second kappa shape index (κ2) is 37.0. The predicted molar refractivity (Wildman–Crippen MR) is 342 cm³/mol. The number of ether oxygens (including phenoxy) is 2. The average Bonchev–Trinajstić information content (AvgIpc) is 4.10. The Bertz CT molecular complexity index is 2880. The molecule has 1 N–H and O–H groups in total. The van der Waals surface area contributed by atoms with Gasteiger partial charge in [-0.1, -0.05) is 134 Å². The van der Waals surface area contributed by atoms with Crippen molar-refractivity contribution in [2.45, 2.75) is 172 Å². The lowest BCUT2D eigenvalue weighted by atomic mass is 10.0. The molecule has 0 spiro atoms. The van der Waals surface area contributed by atoms with Crippen molar-refractivity contribution in [1.82, 2.24) is 29.5 Å². The van der Waals surface area contributed by atoms with E-state index in [-0.39, 0.29) is 11.7 Å². The smallest absolute Gasteiger partial charge is 0.216 e. The molecule has 0 radical (unpaired) electrons. The summed E-state index contributed by atoms with van der Waals surface area (Å²) in [6, 6.07) is 31.3. The Morgan fingerprint density at radius 1 is 0.605 bits per heavy atom. The van der Waals surface area contributed by atoms with Crippen LogP contribution >= 0.6 is 0 Å². The number of fused-ring (bicyclic) bond motifs is 1. The van der Waals surface area contributed by atoms with E-state index >= 15 is 0 Å². The van der Waals surface area contributed by atoms with Crippen molar-refractivity contribution < 1.29 is 18.3 Å². The zero-order valence-corrected chi connectivity index (χ0v) is 53.5. The average molecular weight is 1110 g/mol. The Kier molecular flexibility index (Phi) is 32.0. The summed E-state index contributed by atoms with van der Waals surface area (Å²) in [5.41, 5.74) is 13.0. The summed E-state index contributed by atoms with van der Waals surface area (Å²) in [4.78, 5) is 23.5. The first-order valence-electron chi connectivity index (χ1n) is 29.0. The van der Waals surface area contributed by atoms with Gasteiger partial charge in [0.2, 0.25) is 5.88 Å². The number of hydrogen-bond donors (Lipinski definition) is 1. The van der Waals surface area contributed by atoms with Crippen molar-refractivity contribution in [3.63, 3.8) is 0 Å². The first-order valence-corrected chi connectivity index (χ1v) is 29.0. The minimum absolute atomic E-state index is 0.209. The maximum Gasteiger partial charge on any atom is 0.216 e. The molecule has 8 aromatic rings. The number of halogens is 1. The number of furan rings is 1. The van der Waals surface area contributed by atoms with Gasteiger partial charge < -0.3 is 28.7 Å². The van der Waals surface area contributed by atoms with Crippen LogP contribution in [0.1, 0.15) is 210 Å². The van der Waals surface area contributed by atoms with E-state index in [9.17, 15) is 4.39 Å². The summed E-state index contributed by atoms with van der Waals surface area (Å²) >= 11 is 0. The number of anilines is 2. The molecule has 442 valence electrons. The van der Waals surface area contributed by atoms with Gasteiger partial charge in [-0.15, -0.1) is 0 Å². The van der Waals surface area contributed by atoms with Crippen LogP contribution in [0.5, 0.6) is 11.6 Å². The summed E-state index contributed by atoms with van der Waals surface area (Å²) in [6.07, 6.45) is 10.2. The number of hydrogen-bond acceptors (Lipinski definition) is 10. The van der Waals surface area contributed by atoms with Crippen LogP contribution in [0.4, 0.5) is 16.0 Å². The third kappa shape index (κ3) is 24.3. The maximum absolute atomic E-state index is 12.8. The Morgan fingerprint density at radius 2 is 1.20 bits per heavy atom. The molecule has 0 aliphatic carbocycles. The number of aryl methyl sites for hydroxylation is 3. The molecular formula is C69H101FN8O3. The molecule has 12 heteroatoms. The first kappa shape index (κ1) is 70.0. The monoisotopic (exact) mass is 1110 g/mol. The number of methoxy groups -OCH3 is 1. The van der Waals surface area contributed by atoms with Crippen molar-refractivity contribution in [3.8, 4) is 11.6 Å². The third-order valence-corrected chi connectivity index (χ3v) is 12.8. The summed E-state index contributed by atoms with van der Waals surface area (Å²) in [7, 11) is 7.72. The Labute approximate surface area is 488 Å². The Balaban J connectivity index is 0.000000323. The summed E-state index contributed by atoms with van der Waals surface area (Å²) in [6.45, 7) is 39.9. The molecule has 0 bridgehead atoms. The normalized spacial score (nSPS) is 10.6. The highest BCUT2D eigenvalue weighted by atomic mass is 19.1. The van der Waals surface area contributed by atoms with E-state index in [0.29, 0.717) is 42.1 Å². The lowest BCUT2D eigenvalue weighted by Crippen LogP contribution is -2.13. The number of nitrogens with zero attached hydrogens (tertiary/aromatic N) is 7. The molecule has 81 heavy (non-hydrogen) atoms. The van der Waals surface area contributed by atoms with Crippen LogP contribution in [0, 0.1) is 12.7 Å².